The third kappa shape index (κ3) is 2.67. The van der Waals surface area contributed by atoms with Gasteiger partial charge < -0.3 is 19.1 Å². The molecule has 0 atom stereocenters. The molecule has 6 nitrogen and oxygen atoms in total. The largest absolute Gasteiger partial charge is 0.497 e. The lowest BCUT2D eigenvalue weighted by Gasteiger charge is -2.11. The fourth-order valence-corrected chi connectivity index (χ4v) is 1.83. The maximum atomic E-state index is 10.8. The van der Waals surface area contributed by atoms with E-state index in [0.717, 1.165) is 5.56 Å². The minimum absolute atomic E-state index is 0.148. The number of aromatic nitrogens is 2. The molecule has 0 saturated carbocycles. The van der Waals surface area contributed by atoms with Crippen LogP contribution in [0.15, 0.2) is 30.7 Å². The summed E-state index contributed by atoms with van der Waals surface area (Å²) in [7, 11) is 3.12. The molecule has 0 aliphatic carbocycles. The first-order valence-electron chi connectivity index (χ1n) is 5.60. The lowest BCUT2D eigenvalue weighted by atomic mass is 10.1. The molecule has 100 valence electrons. The molecule has 1 N–H and O–H groups in total. The van der Waals surface area contributed by atoms with Crippen molar-refractivity contribution in [2.75, 3.05) is 14.2 Å². The topological polar surface area (TPSA) is 73.6 Å². The maximum absolute atomic E-state index is 10.8. The van der Waals surface area contributed by atoms with E-state index in [9.17, 15) is 4.79 Å². The van der Waals surface area contributed by atoms with E-state index in [-0.39, 0.29) is 6.54 Å². The van der Waals surface area contributed by atoms with Crippen LogP contribution in [0.1, 0.15) is 0 Å². The van der Waals surface area contributed by atoms with Crippen LogP contribution in [-0.4, -0.2) is 34.8 Å². The Hall–Kier alpha value is -2.50. The molecule has 0 aliphatic heterocycles. The molecule has 0 unspecified atom stereocenters. The Kier molecular flexibility index (Phi) is 3.70. The van der Waals surface area contributed by atoms with Crippen molar-refractivity contribution >= 4 is 5.97 Å². The minimum atomic E-state index is -0.924. The van der Waals surface area contributed by atoms with Crippen LogP contribution < -0.4 is 9.47 Å². The van der Waals surface area contributed by atoms with E-state index in [4.69, 9.17) is 14.6 Å². The number of hydrogen-bond donors (Lipinski definition) is 1. The van der Waals surface area contributed by atoms with Crippen LogP contribution in [-0.2, 0) is 11.3 Å². The molecule has 0 saturated heterocycles. The van der Waals surface area contributed by atoms with Gasteiger partial charge in [-0.3, -0.25) is 4.79 Å². The van der Waals surface area contributed by atoms with E-state index in [1.54, 1.807) is 37.1 Å². The summed E-state index contributed by atoms with van der Waals surface area (Å²) < 4.78 is 12.0. The fraction of sp³-hybridized carbons (Fsp3) is 0.231. The van der Waals surface area contributed by atoms with Crippen molar-refractivity contribution in [2.45, 2.75) is 6.54 Å². The second-order valence-electron chi connectivity index (χ2n) is 3.87. The van der Waals surface area contributed by atoms with Gasteiger partial charge in [0.1, 0.15) is 18.0 Å². The van der Waals surface area contributed by atoms with Gasteiger partial charge in [-0.25, -0.2) is 4.98 Å². The molecule has 1 heterocycles. The Balaban J connectivity index is 2.46. The number of imidazole rings is 1. The Labute approximate surface area is 110 Å². The SMILES string of the molecule is COc1ccc(-c2cncn2CC(=O)O)c(OC)c1. The quantitative estimate of drug-likeness (QED) is 0.886. The van der Waals surface area contributed by atoms with Crippen LogP contribution >= 0.6 is 0 Å². The number of aliphatic carboxylic acids is 1. The van der Waals surface area contributed by atoms with Crippen molar-refractivity contribution in [3.05, 3.63) is 30.7 Å². The molecule has 6 heteroatoms. The number of nitrogens with zero attached hydrogens (tertiary/aromatic N) is 2. The number of methoxy groups -OCH3 is 2. The lowest BCUT2D eigenvalue weighted by Crippen LogP contribution is -2.09. The van der Waals surface area contributed by atoms with Gasteiger partial charge in [-0.05, 0) is 12.1 Å². The third-order valence-corrected chi connectivity index (χ3v) is 2.70. The molecule has 1 aromatic carbocycles. The Bertz CT molecular complexity index is 592. The summed E-state index contributed by atoms with van der Waals surface area (Å²) in [5.74, 6) is 0.350. The monoisotopic (exact) mass is 262 g/mol. The van der Waals surface area contributed by atoms with E-state index < -0.39 is 5.97 Å². The summed E-state index contributed by atoms with van der Waals surface area (Å²) in [6, 6.07) is 5.34. The second kappa shape index (κ2) is 5.43. The summed E-state index contributed by atoms with van der Waals surface area (Å²) in [6.45, 7) is -0.148. The van der Waals surface area contributed by atoms with Gasteiger partial charge in [0, 0.05) is 11.6 Å². The molecule has 0 fully saturated rings. The van der Waals surface area contributed by atoms with Crippen molar-refractivity contribution in [1.29, 1.82) is 0 Å². The van der Waals surface area contributed by atoms with Crippen LogP contribution in [0.25, 0.3) is 11.3 Å². The molecule has 2 aromatic rings. The highest BCUT2D eigenvalue weighted by atomic mass is 16.5. The van der Waals surface area contributed by atoms with Crippen LogP contribution in [0.2, 0.25) is 0 Å². The van der Waals surface area contributed by atoms with Gasteiger partial charge in [0.15, 0.2) is 0 Å². The van der Waals surface area contributed by atoms with Crippen LogP contribution in [0.4, 0.5) is 0 Å². The average Bonchev–Trinajstić information content (AvgIpc) is 2.85. The molecule has 19 heavy (non-hydrogen) atoms. The Morgan fingerprint density at radius 2 is 2.16 bits per heavy atom. The van der Waals surface area contributed by atoms with E-state index in [0.29, 0.717) is 17.2 Å². The summed E-state index contributed by atoms with van der Waals surface area (Å²) in [4.78, 5) is 14.8. The number of hydrogen-bond acceptors (Lipinski definition) is 4. The number of carbonyl (C=O) groups is 1. The van der Waals surface area contributed by atoms with Crippen molar-refractivity contribution in [3.63, 3.8) is 0 Å². The number of carboxylic acid groups (broad SMARTS) is 1. The molecule has 0 radical (unpaired) electrons. The zero-order valence-electron chi connectivity index (χ0n) is 10.7. The van der Waals surface area contributed by atoms with Crippen LogP contribution in [0.3, 0.4) is 0 Å². The molecular formula is C13H14N2O4. The van der Waals surface area contributed by atoms with Gasteiger partial charge >= 0.3 is 5.97 Å². The number of ether oxygens (including phenoxy) is 2. The predicted molar refractivity (Wildman–Crippen MR) is 68.4 cm³/mol. The Morgan fingerprint density at radius 1 is 1.37 bits per heavy atom. The zero-order valence-corrected chi connectivity index (χ0v) is 10.7. The molecule has 0 amide bonds. The molecular weight excluding hydrogens is 248 g/mol. The molecule has 0 aliphatic rings. The first-order chi connectivity index (χ1) is 9.15. The van der Waals surface area contributed by atoms with Gasteiger partial charge in [-0.1, -0.05) is 0 Å². The number of rotatable bonds is 5. The summed E-state index contributed by atoms with van der Waals surface area (Å²) in [6.07, 6.45) is 3.08. The molecule has 2 rings (SSSR count). The fourth-order valence-electron chi connectivity index (χ4n) is 1.83. The number of benzene rings is 1. The van der Waals surface area contributed by atoms with Crippen LogP contribution in [0, 0.1) is 0 Å². The molecule has 0 bridgehead atoms. The predicted octanol–water partition coefficient (Wildman–Crippen LogP) is 1.65. The first kappa shape index (κ1) is 12.9. The van der Waals surface area contributed by atoms with E-state index in [2.05, 4.69) is 4.98 Å². The van der Waals surface area contributed by atoms with Crippen LogP contribution in [0.5, 0.6) is 11.5 Å². The van der Waals surface area contributed by atoms with Gasteiger partial charge in [0.25, 0.3) is 0 Å². The first-order valence-corrected chi connectivity index (χ1v) is 5.60. The van der Waals surface area contributed by atoms with Gasteiger partial charge in [0.2, 0.25) is 0 Å². The summed E-state index contributed by atoms with van der Waals surface area (Å²) in [5, 5.41) is 8.87. The van der Waals surface area contributed by atoms with E-state index in [1.165, 1.54) is 6.33 Å². The normalized spacial score (nSPS) is 10.2. The zero-order chi connectivity index (χ0) is 13.8. The van der Waals surface area contributed by atoms with Crippen molar-refractivity contribution in [2.24, 2.45) is 0 Å². The molecule has 1 aromatic heterocycles. The van der Waals surface area contributed by atoms with E-state index in [1.807, 2.05) is 6.07 Å². The summed E-state index contributed by atoms with van der Waals surface area (Å²) in [5.41, 5.74) is 1.45. The van der Waals surface area contributed by atoms with Crippen molar-refractivity contribution < 1.29 is 19.4 Å². The van der Waals surface area contributed by atoms with E-state index >= 15 is 0 Å². The lowest BCUT2D eigenvalue weighted by molar-refractivity contribution is -0.137. The molecule has 0 spiro atoms. The average molecular weight is 262 g/mol. The standard InChI is InChI=1S/C13H14N2O4/c1-18-9-3-4-10(12(5-9)19-2)11-6-14-8-15(11)7-13(16)17/h3-6,8H,7H2,1-2H3,(H,16,17). The highest BCUT2D eigenvalue weighted by Gasteiger charge is 2.13. The summed E-state index contributed by atoms with van der Waals surface area (Å²) >= 11 is 0. The highest BCUT2D eigenvalue weighted by Crippen LogP contribution is 2.32. The smallest absolute Gasteiger partial charge is 0.323 e. The third-order valence-electron chi connectivity index (χ3n) is 2.70. The van der Waals surface area contributed by atoms with Gasteiger partial charge in [-0.2, -0.15) is 0 Å². The second-order valence-corrected chi connectivity index (χ2v) is 3.87. The maximum Gasteiger partial charge on any atom is 0.323 e. The van der Waals surface area contributed by atoms with Gasteiger partial charge in [-0.15, -0.1) is 0 Å². The number of carboxylic acids is 1. The minimum Gasteiger partial charge on any atom is -0.497 e. The van der Waals surface area contributed by atoms with Crippen molar-refractivity contribution in [3.8, 4) is 22.8 Å². The Morgan fingerprint density at radius 3 is 2.79 bits per heavy atom. The highest BCUT2D eigenvalue weighted by molar-refractivity contribution is 5.72. The van der Waals surface area contributed by atoms with Crippen molar-refractivity contribution in [1.82, 2.24) is 9.55 Å². The van der Waals surface area contributed by atoms with Gasteiger partial charge in [0.05, 0.1) is 32.4 Å².